The number of nitrogens with zero attached hydrogens (tertiary/aromatic N) is 1. The zero-order chi connectivity index (χ0) is 16.1. The molecule has 1 aromatic rings. The molecule has 2 amide bonds. The van der Waals surface area contributed by atoms with Gasteiger partial charge in [0.15, 0.2) is 0 Å². The number of carbonyl (C=O) groups excluding carboxylic acids is 2. The number of hydrogen-bond acceptors (Lipinski definition) is 3. The van der Waals surface area contributed by atoms with Crippen LogP contribution in [0.4, 0.5) is 5.69 Å². The number of hydrazine groups is 1. The molecule has 5 heteroatoms. The maximum Gasteiger partial charge on any atom is 0.257 e. The Balaban J connectivity index is 1.46. The molecular formula is C18H23N3O2. The lowest BCUT2D eigenvalue weighted by Gasteiger charge is -2.30. The van der Waals surface area contributed by atoms with Crippen LogP contribution in [-0.2, 0) is 16.0 Å². The first kappa shape index (κ1) is 15.6. The molecule has 0 saturated heterocycles. The second-order valence-corrected chi connectivity index (χ2v) is 6.22. The SMILES string of the molecule is O=C(CC1C=CCC1)NNC(=O)CN1CCCc2ccccc21. The van der Waals surface area contributed by atoms with Crippen molar-refractivity contribution in [2.75, 3.05) is 18.0 Å². The van der Waals surface area contributed by atoms with Crippen LogP contribution >= 0.6 is 0 Å². The standard InChI is InChI=1S/C18H23N3O2/c22-17(12-14-6-1-2-7-14)19-20-18(23)13-21-11-5-9-15-8-3-4-10-16(15)21/h1,3-4,6,8,10,14H,2,5,7,9,11-13H2,(H,19,22)(H,20,23). The first-order chi connectivity index (χ1) is 11.2. The minimum absolute atomic E-state index is 0.131. The lowest BCUT2D eigenvalue weighted by molar-refractivity contribution is -0.128. The van der Waals surface area contributed by atoms with Gasteiger partial charge in [-0.15, -0.1) is 0 Å². The quantitative estimate of drug-likeness (QED) is 0.660. The summed E-state index contributed by atoms with van der Waals surface area (Å²) in [6, 6.07) is 8.18. The third kappa shape index (κ3) is 4.12. The number of para-hydroxylation sites is 1. The summed E-state index contributed by atoms with van der Waals surface area (Å²) in [4.78, 5) is 26.0. The van der Waals surface area contributed by atoms with E-state index in [1.807, 2.05) is 18.2 Å². The molecule has 122 valence electrons. The molecule has 0 aromatic heterocycles. The van der Waals surface area contributed by atoms with Crippen molar-refractivity contribution in [1.29, 1.82) is 0 Å². The lowest BCUT2D eigenvalue weighted by Crippen LogP contribution is -2.47. The number of hydrogen-bond donors (Lipinski definition) is 2. The third-order valence-electron chi connectivity index (χ3n) is 4.44. The fraction of sp³-hybridized carbons (Fsp3) is 0.444. The van der Waals surface area contributed by atoms with E-state index in [2.05, 4.69) is 34.0 Å². The van der Waals surface area contributed by atoms with Crippen molar-refractivity contribution in [3.05, 3.63) is 42.0 Å². The maximum absolute atomic E-state index is 12.1. The summed E-state index contributed by atoms with van der Waals surface area (Å²) in [5.74, 6) is -0.00756. The molecule has 0 saturated carbocycles. The van der Waals surface area contributed by atoms with Gasteiger partial charge in [-0.2, -0.15) is 0 Å². The monoisotopic (exact) mass is 313 g/mol. The molecular weight excluding hydrogens is 290 g/mol. The Bertz CT molecular complexity index is 612. The number of aryl methyl sites for hydroxylation is 1. The van der Waals surface area contributed by atoms with Crippen LogP contribution in [0.2, 0.25) is 0 Å². The van der Waals surface area contributed by atoms with Crippen LogP contribution in [0.15, 0.2) is 36.4 Å². The smallest absolute Gasteiger partial charge is 0.257 e. The van der Waals surface area contributed by atoms with Gasteiger partial charge in [-0.25, -0.2) is 0 Å². The topological polar surface area (TPSA) is 61.4 Å². The molecule has 1 aliphatic carbocycles. The molecule has 2 N–H and O–H groups in total. The number of allylic oxidation sites excluding steroid dienone is 2. The molecule has 1 aliphatic heterocycles. The highest BCUT2D eigenvalue weighted by molar-refractivity contribution is 5.85. The zero-order valence-electron chi connectivity index (χ0n) is 13.3. The van der Waals surface area contributed by atoms with Crippen molar-refractivity contribution in [3.8, 4) is 0 Å². The van der Waals surface area contributed by atoms with Gasteiger partial charge in [-0.3, -0.25) is 20.4 Å². The minimum Gasteiger partial charge on any atom is -0.362 e. The van der Waals surface area contributed by atoms with Gasteiger partial charge >= 0.3 is 0 Å². The largest absolute Gasteiger partial charge is 0.362 e. The summed E-state index contributed by atoms with van der Waals surface area (Å²) in [6.07, 6.45) is 8.77. The zero-order valence-corrected chi connectivity index (χ0v) is 13.3. The minimum atomic E-state index is -0.183. The second-order valence-electron chi connectivity index (χ2n) is 6.22. The van der Waals surface area contributed by atoms with Crippen molar-refractivity contribution in [3.63, 3.8) is 0 Å². The number of nitrogens with one attached hydrogen (secondary N) is 2. The highest BCUT2D eigenvalue weighted by Gasteiger charge is 2.19. The number of anilines is 1. The van der Waals surface area contributed by atoms with E-state index in [1.54, 1.807) is 0 Å². The van der Waals surface area contributed by atoms with E-state index in [4.69, 9.17) is 0 Å². The predicted molar refractivity (Wildman–Crippen MR) is 89.7 cm³/mol. The van der Waals surface area contributed by atoms with E-state index in [1.165, 1.54) is 5.56 Å². The summed E-state index contributed by atoms with van der Waals surface area (Å²) in [5, 5.41) is 0. The summed E-state index contributed by atoms with van der Waals surface area (Å²) < 4.78 is 0. The maximum atomic E-state index is 12.1. The van der Waals surface area contributed by atoms with E-state index in [0.717, 1.165) is 37.9 Å². The molecule has 1 heterocycles. The van der Waals surface area contributed by atoms with Crippen molar-refractivity contribution in [2.45, 2.75) is 32.1 Å². The summed E-state index contributed by atoms with van der Waals surface area (Å²) in [7, 11) is 0. The van der Waals surface area contributed by atoms with Crippen LogP contribution in [0.3, 0.4) is 0 Å². The Morgan fingerprint density at radius 3 is 2.83 bits per heavy atom. The van der Waals surface area contributed by atoms with Gasteiger partial charge < -0.3 is 4.90 Å². The second kappa shape index (κ2) is 7.31. The average Bonchev–Trinajstić information content (AvgIpc) is 3.06. The molecule has 3 rings (SSSR count). The normalized spacial score (nSPS) is 19.3. The molecule has 0 fully saturated rings. The van der Waals surface area contributed by atoms with E-state index >= 15 is 0 Å². The first-order valence-electron chi connectivity index (χ1n) is 8.29. The Morgan fingerprint density at radius 1 is 1.17 bits per heavy atom. The van der Waals surface area contributed by atoms with Gasteiger partial charge in [0.2, 0.25) is 5.91 Å². The van der Waals surface area contributed by atoms with Gasteiger partial charge in [0.1, 0.15) is 0 Å². The third-order valence-corrected chi connectivity index (χ3v) is 4.44. The van der Waals surface area contributed by atoms with Gasteiger partial charge in [-0.1, -0.05) is 30.4 Å². The van der Waals surface area contributed by atoms with Gasteiger partial charge in [0, 0.05) is 18.7 Å². The number of amides is 2. The number of fused-ring (bicyclic) bond motifs is 1. The fourth-order valence-corrected chi connectivity index (χ4v) is 3.28. The van der Waals surface area contributed by atoms with Gasteiger partial charge in [-0.05, 0) is 43.2 Å². The van der Waals surface area contributed by atoms with Crippen LogP contribution in [0.25, 0.3) is 0 Å². The van der Waals surface area contributed by atoms with Crippen LogP contribution in [0.5, 0.6) is 0 Å². The average molecular weight is 313 g/mol. The van der Waals surface area contributed by atoms with E-state index in [9.17, 15) is 9.59 Å². The van der Waals surface area contributed by atoms with Crippen molar-refractivity contribution >= 4 is 17.5 Å². The Kier molecular flexibility index (Phi) is 4.95. The van der Waals surface area contributed by atoms with Crippen LogP contribution in [-0.4, -0.2) is 24.9 Å². The summed E-state index contributed by atoms with van der Waals surface area (Å²) in [5.41, 5.74) is 7.46. The lowest BCUT2D eigenvalue weighted by atomic mass is 10.0. The Labute approximate surface area is 136 Å². The molecule has 1 atom stereocenters. The molecule has 0 spiro atoms. The van der Waals surface area contributed by atoms with Crippen LogP contribution < -0.4 is 15.8 Å². The van der Waals surface area contributed by atoms with Crippen molar-refractivity contribution in [1.82, 2.24) is 10.9 Å². The number of carbonyl (C=O) groups is 2. The van der Waals surface area contributed by atoms with Gasteiger partial charge in [0.25, 0.3) is 5.91 Å². The molecule has 1 unspecified atom stereocenters. The van der Waals surface area contributed by atoms with Crippen LogP contribution in [0.1, 0.15) is 31.2 Å². The molecule has 23 heavy (non-hydrogen) atoms. The van der Waals surface area contributed by atoms with E-state index < -0.39 is 0 Å². The Hall–Kier alpha value is -2.30. The molecule has 0 bridgehead atoms. The Morgan fingerprint density at radius 2 is 2.00 bits per heavy atom. The molecule has 1 aromatic carbocycles. The molecule has 0 radical (unpaired) electrons. The van der Waals surface area contributed by atoms with E-state index in [-0.39, 0.29) is 18.4 Å². The van der Waals surface area contributed by atoms with Crippen molar-refractivity contribution in [2.24, 2.45) is 5.92 Å². The number of rotatable bonds is 4. The summed E-state index contributed by atoms with van der Waals surface area (Å²) in [6.45, 7) is 1.13. The first-order valence-corrected chi connectivity index (χ1v) is 8.29. The number of benzene rings is 1. The van der Waals surface area contributed by atoms with Gasteiger partial charge in [0.05, 0.1) is 6.54 Å². The highest BCUT2D eigenvalue weighted by Crippen LogP contribution is 2.26. The van der Waals surface area contributed by atoms with Crippen molar-refractivity contribution < 1.29 is 9.59 Å². The highest BCUT2D eigenvalue weighted by atomic mass is 16.2. The molecule has 2 aliphatic rings. The fourth-order valence-electron chi connectivity index (χ4n) is 3.28. The van der Waals surface area contributed by atoms with Crippen LogP contribution in [0, 0.1) is 5.92 Å². The summed E-state index contributed by atoms with van der Waals surface area (Å²) >= 11 is 0. The predicted octanol–water partition coefficient (Wildman–Crippen LogP) is 1.94. The van der Waals surface area contributed by atoms with E-state index in [0.29, 0.717) is 12.3 Å². The molecule has 5 nitrogen and oxygen atoms in total.